The largest absolute Gasteiger partial charge is 0.451 e. The van der Waals surface area contributed by atoms with E-state index in [-0.39, 0.29) is 24.2 Å². The van der Waals surface area contributed by atoms with Crippen LogP contribution in [0.5, 0.6) is 0 Å². The molecule has 0 unspecified atom stereocenters. The summed E-state index contributed by atoms with van der Waals surface area (Å²) >= 11 is 1.32. The standard InChI is InChI=1S/C12H17N3O3S/c1-3-4-8-5-12(2,18-10(8)17)9(16)6-13-11-15-14-7-19-11/h7-8H,3-6H2,1-2H3,(H,13,15)/t8-,12-/m1/s1. The molecule has 1 fully saturated rings. The fourth-order valence-electron chi connectivity index (χ4n) is 2.23. The van der Waals surface area contributed by atoms with Crippen molar-refractivity contribution in [2.45, 2.75) is 38.7 Å². The van der Waals surface area contributed by atoms with E-state index < -0.39 is 5.60 Å². The Hall–Kier alpha value is -1.50. The molecule has 0 aliphatic carbocycles. The molecule has 0 amide bonds. The zero-order valence-corrected chi connectivity index (χ0v) is 11.8. The molecular formula is C12H17N3O3S. The zero-order chi connectivity index (χ0) is 13.9. The van der Waals surface area contributed by atoms with Crippen molar-refractivity contribution in [3.05, 3.63) is 5.51 Å². The number of nitrogens with zero attached hydrogens (tertiary/aromatic N) is 2. The third kappa shape index (κ3) is 3.09. The van der Waals surface area contributed by atoms with Gasteiger partial charge in [0.1, 0.15) is 5.51 Å². The Morgan fingerprint density at radius 2 is 2.47 bits per heavy atom. The topological polar surface area (TPSA) is 81.2 Å². The summed E-state index contributed by atoms with van der Waals surface area (Å²) in [4.78, 5) is 23.9. The molecule has 6 nitrogen and oxygen atoms in total. The lowest BCUT2D eigenvalue weighted by atomic mass is 9.89. The number of esters is 1. The number of carbonyl (C=O) groups excluding carboxylic acids is 2. The van der Waals surface area contributed by atoms with Gasteiger partial charge in [-0.15, -0.1) is 10.2 Å². The van der Waals surface area contributed by atoms with E-state index in [0.29, 0.717) is 11.6 Å². The quantitative estimate of drug-likeness (QED) is 0.799. The third-order valence-electron chi connectivity index (χ3n) is 3.28. The summed E-state index contributed by atoms with van der Waals surface area (Å²) in [7, 11) is 0. The normalized spacial score (nSPS) is 26.2. The number of hydrogen-bond acceptors (Lipinski definition) is 7. The number of anilines is 1. The molecule has 0 spiro atoms. The van der Waals surface area contributed by atoms with E-state index in [1.54, 1.807) is 12.4 Å². The molecule has 1 N–H and O–H groups in total. The first-order valence-electron chi connectivity index (χ1n) is 6.31. The second kappa shape index (κ2) is 5.64. The first-order valence-corrected chi connectivity index (χ1v) is 7.19. The van der Waals surface area contributed by atoms with Crippen LogP contribution in [-0.2, 0) is 14.3 Å². The highest BCUT2D eigenvalue weighted by molar-refractivity contribution is 7.13. The molecule has 0 bridgehead atoms. The van der Waals surface area contributed by atoms with Crippen molar-refractivity contribution in [2.75, 3.05) is 11.9 Å². The van der Waals surface area contributed by atoms with E-state index in [9.17, 15) is 9.59 Å². The summed E-state index contributed by atoms with van der Waals surface area (Å²) in [6.07, 6.45) is 2.15. The predicted octanol–water partition coefficient (Wildman–Crippen LogP) is 1.64. The van der Waals surface area contributed by atoms with Gasteiger partial charge in [0.25, 0.3) is 0 Å². The maximum absolute atomic E-state index is 12.2. The number of ketones is 1. The average Bonchev–Trinajstić information content (AvgIpc) is 2.96. The Morgan fingerprint density at radius 1 is 1.68 bits per heavy atom. The van der Waals surface area contributed by atoms with Crippen LogP contribution in [0.15, 0.2) is 5.51 Å². The summed E-state index contributed by atoms with van der Waals surface area (Å²) in [5.41, 5.74) is 0.579. The Labute approximate surface area is 115 Å². The average molecular weight is 283 g/mol. The monoisotopic (exact) mass is 283 g/mol. The smallest absolute Gasteiger partial charge is 0.310 e. The van der Waals surface area contributed by atoms with Crippen LogP contribution in [0.25, 0.3) is 0 Å². The van der Waals surface area contributed by atoms with Gasteiger partial charge in [0.15, 0.2) is 11.4 Å². The van der Waals surface area contributed by atoms with Gasteiger partial charge in [-0.25, -0.2) is 0 Å². The minimum absolute atomic E-state index is 0.0951. The molecule has 2 atom stereocenters. The lowest BCUT2D eigenvalue weighted by molar-refractivity contribution is -0.156. The molecule has 1 aromatic rings. The molecule has 0 saturated carbocycles. The Kier molecular flexibility index (Phi) is 4.14. The molecule has 2 heterocycles. The lowest BCUT2D eigenvalue weighted by Crippen LogP contribution is -2.39. The van der Waals surface area contributed by atoms with Crippen LogP contribution in [-0.4, -0.2) is 34.1 Å². The number of rotatable bonds is 6. The van der Waals surface area contributed by atoms with Gasteiger partial charge in [0.2, 0.25) is 5.13 Å². The van der Waals surface area contributed by atoms with E-state index in [0.717, 1.165) is 12.8 Å². The molecular weight excluding hydrogens is 266 g/mol. The van der Waals surface area contributed by atoms with E-state index in [4.69, 9.17) is 4.74 Å². The number of ether oxygens (including phenoxy) is 1. The maximum Gasteiger partial charge on any atom is 0.310 e. The molecule has 7 heteroatoms. The second-order valence-electron chi connectivity index (χ2n) is 4.86. The van der Waals surface area contributed by atoms with Crippen LogP contribution in [0.2, 0.25) is 0 Å². The lowest BCUT2D eigenvalue weighted by Gasteiger charge is -2.20. The summed E-state index contributed by atoms with van der Waals surface area (Å²) in [6, 6.07) is 0. The van der Waals surface area contributed by atoms with E-state index in [1.165, 1.54) is 11.3 Å². The molecule has 1 aromatic heterocycles. The van der Waals surface area contributed by atoms with Gasteiger partial charge < -0.3 is 10.1 Å². The molecule has 19 heavy (non-hydrogen) atoms. The second-order valence-corrected chi connectivity index (χ2v) is 5.70. The van der Waals surface area contributed by atoms with Crippen molar-refractivity contribution >= 4 is 28.2 Å². The van der Waals surface area contributed by atoms with E-state index >= 15 is 0 Å². The van der Waals surface area contributed by atoms with Crippen molar-refractivity contribution in [3.63, 3.8) is 0 Å². The number of nitrogens with one attached hydrogen (secondary N) is 1. The summed E-state index contributed by atoms with van der Waals surface area (Å²) < 4.78 is 5.28. The van der Waals surface area contributed by atoms with E-state index in [1.807, 2.05) is 6.92 Å². The van der Waals surface area contributed by atoms with Crippen molar-refractivity contribution in [2.24, 2.45) is 5.92 Å². The van der Waals surface area contributed by atoms with Crippen molar-refractivity contribution in [1.29, 1.82) is 0 Å². The van der Waals surface area contributed by atoms with Gasteiger partial charge in [-0.3, -0.25) is 9.59 Å². The molecule has 1 saturated heterocycles. The third-order valence-corrected chi connectivity index (χ3v) is 3.93. The Morgan fingerprint density at radius 3 is 3.11 bits per heavy atom. The van der Waals surface area contributed by atoms with Gasteiger partial charge in [0, 0.05) is 6.42 Å². The molecule has 0 aromatic carbocycles. The summed E-state index contributed by atoms with van der Waals surface area (Å²) in [5.74, 6) is -0.538. The van der Waals surface area contributed by atoms with Gasteiger partial charge in [-0.05, 0) is 13.3 Å². The minimum atomic E-state index is -1.01. The fraction of sp³-hybridized carbons (Fsp3) is 0.667. The number of cyclic esters (lactones) is 1. The first kappa shape index (κ1) is 13.9. The molecule has 0 radical (unpaired) electrons. The van der Waals surface area contributed by atoms with Crippen LogP contribution in [0.3, 0.4) is 0 Å². The van der Waals surface area contributed by atoms with Gasteiger partial charge in [-0.1, -0.05) is 24.7 Å². The van der Waals surface area contributed by atoms with Gasteiger partial charge in [0.05, 0.1) is 12.5 Å². The van der Waals surface area contributed by atoms with E-state index in [2.05, 4.69) is 15.5 Å². The number of aromatic nitrogens is 2. The van der Waals surface area contributed by atoms with Gasteiger partial charge in [-0.2, -0.15) is 0 Å². The molecule has 1 aliphatic rings. The summed E-state index contributed by atoms with van der Waals surface area (Å²) in [5, 5.41) is 10.9. The maximum atomic E-state index is 12.2. The highest BCUT2D eigenvalue weighted by Crippen LogP contribution is 2.34. The SMILES string of the molecule is CCC[C@@H]1C[C@](C)(C(=O)CNc2nncs2)OC1=O. The van der Waals surface area contributed by atoms with Crippen LogP contribution in [0, 0.1) is 5.92 Å². The van der Waals surface area contributed by atoms with Crippen molar-refractivity contribution in [1.82, 2.24) is 10.2 Å². The first-order chi connectivity index (χ1) is 9.05. The van der Waals surface area contributed by atoms with Crippen LogP contribution >= 0.6 is 11.3 Å². The highest BCUT2D eigenvalue weighted by Gasteiger charge is 2.47. The van der Waals surface area contributed by atoms with Crippen molar-refractivity contribution in [3.8, 4) is 0 Å². The molecule has 104 valence electrons. The van der Waals surface area contributed by atoms with Crippen molar-refractivity contribution < 1.29 is 14.3 Å². The minimum Gasteiger partial charge on any atom is -0.451 e. The van der Waals surface area contributed by atoms with Crippen LogP contribution in [0.4, 0.5) is 5.13 Å². The number of Topliss-reactive ketones (excluding diaryl/α,β-unsaturated/α-hetero) is 1. The highest BCUT2D eigenvalue weighted by atomic mass is 32.1. The summed E-state index contributed by atoms with van der Waals surface area (Å²) in [6.45, 7) is 3.80. The number of carbonyl (C=O) groups is 2. The van der Waals surface area contributed by atoms with Crippen LogP contribution in [0.1, 0.15) is 33.1 Å². The Bertz CT molecular complexity index is 463. The zero-order valence-electron chi connectivity index (χ0n) is 11.0. The van der Waals surface area contributed by atoms with Crippen LogP contribution < -0.4 is 5.32 Å². The fourth-order valence-corrected chi connectivity index (χ4v) is 2.68. The predicted molar refractivity (Wildman–Crippen MR) is 70.9 cm³/mol. The Balaban J connectivity index is 1.93. The molecule has 2 rings (SSSR count). The molecule has 1 aliphatic heterocycles. The number of hydrogen-bond donors (Lipinski definition) is 1. The van der Waals surface area contributed by atoms with Gasteiger partial charge >= 0.3 is 5.97 Å².